The molecule has 0 fully saturated rings. The molecule has 2 N–H and O–H groups in total. The quantitative estimate of drug-likeness (QED) is 0.741. The normalized spacial score (nSPS) is 11.6. The number of rotatable bonds is 6. The van der Waals surface area contributed by atoms with Crippen molar-refractivity contribution in [3.8, 4) is 0 Å². The van der Waals surface area contributed by atoms with E-state index in [1.54, 1.807) is 0 Å². The topological polar surface area (TPSA) is 101 Å². The maximum absolute atomic E-state index is 12.9. The van der Waals surface area contributed by atoms with Crippen LogP contribution < -0.4 is 4.72 Å². The summed E-state index contributed by atoms with van der Waals surface area (Å²) in [6.07, 6.45) is 4.56. The van der Waals surface area contributed by atoms with Gasteiger partial charge in [0.1, 0.15) is 22.9 Å². The lowest BCUT2D eigenvalue weighted by molar-refractivity contribution is 0.573. The van der Waals surface area contributed by atoms with E-state index >= 15 is 0 Å². The fraction of sp³-hybridized carbons (Fsp3) is 0.300. The highest BCUT2D eigenvalue weighted by atomic mass is 32.2. The summed E-state index contributed by atoms with van der Waals surface area (Å²) in [5, 5.41) is 6.36. The number of aryl methyl sites for hydroxylation is 1. The van der Waals surface area contributed by atoms with Crippen molar-refractivity contribution in [2.45, 2.75) is 17.7 Å². The summed E-state index contributed by atoms with van der Waals surface area (Å²) in [7, 11) is -3.72. The number of halogens is 1. The van der Waals surface area contributed by atoms with Crippen molar-refractivity contribution in [3.63, 3.8) is 0 Å². The Labute approximate surface area is 109 Å². The van der Waals surface area contributed by atoms with E-state index in [9.17, 15) is 12.8 Å². The highest BCUT2D eigenvalue weighted by Crippen LogP contribution is 2.08. The molecule has 0 unspecified atom stereocenters. The number of pyridine rings is 1. The molecule has 19 heavy (non-hydrogen) atoms. The van der Waals surface area contributed by atoms with E-state index in [0.29, 0.717) is 18.7 Å². The molecule has 2 aromatic rings. The van der Waals surface area contributed by atoms with Gasteiger partial charge in [-0.3, -0.25) is 10.1 Å². The predicted molar refractivity (Wildman–Crippen MR) is 64.1 cm³/mol. The number of hydrogen-bond acceptors (Lipinski definition) is 5. The zero-order valence-electron chi connectivity index (χ0n) is 9.88. The molecule has 0 saturated carbocycles. The van der Waals surface area contributed by atoms with E-state index in [0.717, 1.165) is 18.5 Å². The zero-order chi connectivity index (χ0) is 13.7. The summed E-state index contributed by atoms with van der Waals surface area (Å²) in [5.74, 6) is -0.00356. The molecule has 0 saturated heterocycles. The number of nitrogens with zero attached hydrogens (tertiary/aromatic N) is 3. The molecule has 9 heteroatoms. The Morgan fingerprint density at radius 3 is 2.89 bits per heavy atom. The van der Waals surface area contributed by atoms with Gasteiger partial charge in [0.15, 0.2) is 0 Å². The van der Waals surface area contributed by atoms with Crippen LogP contribution in [0.1, 0.15) is 12.2 Å². The molecular formula is C10H12FN5O2S. The second-order valence-corrected chi connectivity index (χ2v) is 5.54. The van der Waals surface area contributed by atoms with E-state index in [-0.39, 0.29) is 11.4 Å². The Balaban J connectivity index is 1.88. The summed E-state index contributed by atoms with van der Waals surface area (Å²) in [4.78, 5) is 7.23. The molecule has 2 aromatic heterocycles. The maximum Gasteiger partial charge on any atom is 0.242 e. The van der Waals surface area contributed by atoms with Gasteiger partial charge in [-0.1, -0.05) is 0 Å². The number of nitrogens with one attached hydrogen (secondary N) is 2. The monoisotopic (exact) mass is 285 g/mol. The zero-order valence-corrected chi connectivity index (χ0v) is 10.7. The first-order chi connectivity index (χ1) is 9.08. The Kier molecular flexibility index (Phi) is 4.17. The van der Waals surface area contributed by atoms with E-state index < -0.39 is 15.8 Å². The summed E-state index contributed by atoms with van der Waals surface area (Å²) >= 11 is 0. The lowest BCUT2D eigenvalue weighted by Crippen LogP contribution is -2.25. The van der Waals surface area contributed by atoms with Crippen molar-refractivity contribution in [1.29, 1.82) is 0 Å². The van der Waals surface area contributed by atoms with Crippen LogP contribution in [0.4, 0.5) is 4.39 Å². The lowest BCUT2D eigenvalue weighted by atomic mass is 10.3. The van der Waals surface area contributed by atoms with Gasteiger partial charge in [0.25, 0.3) is 0 Å². The average molecular weight is 285 g/mol. The Morgan fingerprint density at radius 1 is 1.37 bits per heavy atom. The minimum Gasteiger partial charge on any atom is -0.263 e. The van der Waals surface area contributed by atoms with Crippen LogP contribution in [-0.4, -0.2) is 35.1 Å². The minimum atomic E-state index is -3.72. The van der Waals surface area contributed by atoms with Crippen molar-refractivity contribution >= 4 is 10.0 Å². The molecular weight excluding hydrogens is 273 g/mol. The standard InChI is InChI=1S/C10H12FN5O2S/c11-8-4-9(6-12-5-8)19(17,18)15-3-1-2-10-13-7-14-16-10/h4-7,15H,1-3H2,(H,13,14,16). The molecule has 0 spiro atoms. The smallest absolute Gasteiger partial charge is 0.242 e. The Bertz CT molecular complexity index is 629. The summed E-state index contributed by atoms with van der Waals surface area (Å²) < 4.78 is 38.9. The van der Waals surface area contributed by atoms with Gasteiger partial charge >= 0.3 is 0 Å². The molecule has 0 atom stereocenters. The van der Waals surface area contributed by atoms with Crippen LogP contribution in [0.15, 0.2) is 29.7 Å². The second kappa shape index (κ2) is 5.85. The Morgan fingerprint density at radius 2 is 2.21 bits per heavy atom. The highest BCUT2D eigenvalue weighted by molar-refractivity contribution is 7.89. The molecule has 0 radical (unpaired) electrons. The third-order valence-electron chi connectivity index (χ3n) is 2.34. The number of H-pyrrole nitrogens is 1. The fourth-order valence-electron chi connectivity index (χ4n) is 1.44. The van der Waals surface area contributed by atoms with Crippen LogP contribution in [0.25, 0.3) is 0 Å². The molecule has 0 aliphatic heterocycles. The first-order valence-electron chi connectivity index (χ1n) is 5.52. The first kappa shape index (κ1) is 13.6. The Hall–Kier alpha value is -1.87. The van der Waals surface area contributed by atoms with Gasteiger partial charge in [0.2, 0.25) is 10.0 Å². The molecule has 7 nitrogen and oxygen atoms in total. The van der Waals surface area contributed by atoms with Crippen molar-refractivity contribution in [3.05, 3.63) is 36.4 Å². The van der Waals surface area contributed by atoms with E-state index in [2.05, 4.69) is 24.9 Å². The third kappa shape index (κ3) is 3.80. The SMILES string of the molecule is O=S(=O)(NCCCc1ncn[nH]1)c1cncc(F)c1. The number of aromatic amines is 1. The molecule has 2 heterocycles. The summed E-state index contributed by atoms with van der Waals surface area (Å²) in [5.41, 5.74) is 0. The van der Waals surface area contributed by atoms with Crippen LogP contribution in [0.5, 0.6) is 0 Å². The number of sulfonamides is 1. The predicted octanol–water partition coefficient (Wildman–Crippen LogP) is 0.250. The second-order valence-electron chi connectivity index (χ2n) is 3.77. The average Bonchev–Trinajstić information content (AvgIpc) is 2.88. The molecule has 0 aliphatic carbocycles. The molecule has 102 valence electrons. The van der Waals surface area contributed by atoms with Crippen LogP contribution in [0, 0.1) is 5.82 Å². The van der Waals surface area contributed by atoms with E-state index in [1.807, 2.05) is 0 Å². The van der Waals surface area contributed by atoms with Gasteiger partial charge in [0.05, 0.1) is 6.20 Å². The van der Waals surface area contributed by atoms with Crippen molar-refractivity contribution in [1.82, 2.24) is 24.9 Å². The van der Waals surface area contributed by atoms with Crippen molar-refractivity contribution in [2.75, 3.05) is 6.54 Å². The molecule has 0 aliphatic rings. The molecule has 0 amide bonds. The van der Waals surface area contributed by atoms with Gasteiger partial charge in [-0.15, -0.1) is 0 Å². The number of hydrogen-bond donors (Lipinski definition) is 2. The molecule has 2 rings (SSSR count). The van der Waals surface area contributed by atoms with Crippen molar-refractivity contribution < 1.29 is 12.8 Å². The van der Waals surface area contributed by atoms with Gasteiger partial charge in [-0.05, 0) is 12.5 Å². The summed E-state index contributed by atoms with van der Waals surface area (Å²) in [6, 6.07) is 0.922. The first-order valence-corrected chi connectivity index (χ1v) is 7.01. The summed E-state index contributed by atoms with van der Waals surface area (Å²) in [6.45, 7) is 0.222. The van der Waals surface area contributed by atoms with Crippen LogP contribution in [0.2, 0.25) is 0 Å². The lowest BCUT2D eigenvalue weighted by Gasteiger charge is -2.05. The van der Waals surface area contributed by atoms with Crippen LogP contribution >= 0.6 is 0 Å². The third-order valence-corrected chi connectivity index (χ3v) is 3.77. The molecule has 0 bridgehead atoms. The van der Waals surface area contributed by atoms with Gasteiger partial charge in [-0.25, -0.2) is 22.5 Å². The van der Waals surface area contributed by atoms with E-state index in [4.69, 9.17) is 0 Å². The van der Waals surface area contributed by atoms with Crippen molar-refractivity contribution in [2.24, 2.45) is 0 Å². The maximum atomic E-state index is 12.9. The van der Waals surface area contributed by atoms with Gasteiger partial charge in [0, 0.05) is 19.2 Å². The van der Waals surface area contributed by atoms with Crippen LogP contribution in [0.3, 0.4) is 0 Å². The molecule has 0 aromatic carbocycles. The van der Waals surface area contributed by atoms with Gasteiger partial charge in [-0.2, -0.15) is 5.10 Å². The number of aromatic nitrogens is 4. The van der Waals surface area contributed by atoms with Crippen LogP contribution in [-0.2, 0) is 16.4 Å². The van der Waals surface area contributed by atoms with Gasteiger partial charge < -0.3 is 0 Å². The highest BCUT2D eigenvalue weighted by Gasteiger charge is 2.14. The minimum absolute atomic E-state index is 0.188. The van der Waals surface area contributed by atoms with E-state index in [1.165, 1.54) is 6.33 Å². The fourth-order valence-corrected chi connectivity index (χ4v) is 2.48. The largest absolute Gasteiger partial charge is 0.263 e.